The maximum atomic E-state index is 4.50. The van der Waals surface area contributed by atoms with E-state index in [9.17, 15) is 0 Å². The highest BCUT2D eigenvalue weighted by Crippen LogP contribution is 2.16. The van der Waals surface area contributed by atoms with Gasteiger partial charge in [0.15, 0.2) is 0 Å². The molecule has 0 unspecified atom stereocenters. The Kier molecular flexibility index (Phi) is 5.11. The van der Waals surface area contributed by atoms with Crippen LogP contribution in [0, 0.1) is 13.8 Å². The largest absolute Gasteiger partial charge is 0.369 e. The minimum Gasteiger partial charge on any atom is -0.369 e. The molecule has 0 aliphatic heterocycles. The SMILES string of the molecule is Cc1cccc(Nc2nc(C)cc(NCCN(C)C)n2)c1. The Hall–Kier alpha value is -2.14. The predicted octanol–water partition coefficient (Wildman–Crippen LogP) is 2.81. The van der Waals surface area contributed by atoms with Gasteiger partial charge in [0.25, 0.3) is 0 Å². The molecule has 0 aliphatic rings. The molecular formula is C16H23N5. The Balaban J connectivity index is 2.07. The van der Waals surface area contributed by atoms with Crippen LogP contribution in [0.25, 0.3) is 0 Å². The van der Waals surface area contributed by atoms with Crippen molar-refractivity contribution in [3.8, 4) is 0 Å². The van der Waals surface area contributed by atoms with Crippen LogP contribution in [0.15, 0.2) is 30.3 Å². The summed E-state index contributed by atoms with van der Waals surface area (Å²) in [5.74, 6) is 1.47. The second-order valence-electron chi connectivity index (χ2n) is 5.44. The second-order valence-corrected chi connectivity index (χ2v) is 5.44. The highest BCUT2D eigenvalue weighted by molar-refractivity contribution is 5.56. The van der Waals surface area contributed by atoms with E-state index in [1.54, 1.807) is 0 Å². The Morgan fingerprint density at radius 3 is 2.62 bits per heavy atom. The normalized spacial score (nSPS) is 10.7. The van der Waals surface area contributed by atoms with Crippen molar-refractivity contribution in [2.45, 2.75) is 13.8 Å². The zero-order chi connectivity index (χ0) is 15.2. The van der Waals surface area contributed by atoms with Gasteiger partial charge in [-0.1, -0.05) is 12.1 Å². The molecule has 0 saturated heterocycles. The molecule has 1 aromatic heterocycles. The van der Waals surface area contributed by atoms with Gasteiger partial charge in [0.2, 0.25) is 5.95 Å². The molecule has 112 valence electrons. The lowest BCUT2D eigenvalue weighted by molar-refractivity contribution is 0.425. The third kappa shape index (κ3) is 5.04. The maximum Gasteiger partial charge on any atom is 0.229 e. The number of likely N-dealkylation sites (N-methyl/N-ethyl adjacent to an activating group) is 1. The summed E-state index contributed by atoms with van der Waals surface area (Å²) in [5.41, 5.74) is 3.14. The highest BCUT2D eigenvalue weighted by atomic mass is 15.2. The Labute approximate surface area is 126 Å². The molecule has 0 bridgehead atoms. The lowest BCUT2D eigenvalue weighted by atomic mass is 10.2. The first kappa shape index (κ1) is 15.3. The summed E-state index contributed by atoms with van der Waals surface area (Å²) in [4.78, 5) is 11.1. The lowest BCUT2D eigenvalue weighted by Crippen LogP contribution is -2.21. The van der Waals surface area contributed by atoms with Gasteiger partial charge in [-0.25, -0.2) is 4.98 Å². The van der Waals surface area contributed by atoms with E-state index in [4.69, 9.17) is 0 Å². The Bertz CT molecular complexity index is 595. The number of nitrogens with zero attached hydrogens (tertiary/aromatic N) is 3. The monoisotopic (exact) mass is 285 g/mol. The highest BCUT2D eigenvalue weighted by Gasteiger charge is 2.03. The molecule has 2 N–H and O–H groups in total. The van der Waals surface area contributed by atoms with Crippen LogP contribution >= 0.6 is 0 Å². The fourth-order valence-corrected chi connectivity index (χ4v) is 1.97. The van der Waals surface area contributed by atoms with Gasteiger partial charge in [0.05, 0.1) is 0 Å². The molecule has 0 atom stereocenters. The van der Waals surface area contributed by atoms with Gasteiger partial charge in [-0.15, -0.1) is 0 Å². The van der Waals surface area contributed by atoms with Crippen LogP contribution in [0.2, 0.25) is 0 Å². The summed E-state index contributed by atoms with van der Waals surface area (Å²) < 4.78 is 0. The Morgan fingerprint density at radius 2 is 1.90 bits per heavy atom. The summed E-state index contributed by atoms with van der Waals surface area (Å²) in [5, 5.41) is 6.57. The number of aromatic nitrogens is 2. The van der Waals surface area contributed by atoms with Gasteiger partial charge in [-0.05, 0) is 45.6 Å². The second kappa shape index (κ2) is 7.04. The fraction of sp³-hybridized carbons (Fsp3) is 0.375. The molecule has 2 rings (SSSR count). The van der Waals surface area contributed by atoms with Crippen molar-refractivity contribution in [2.24, 2.45) is 0 Å². The van der Waals surface area contributed by atoms with E-state index in [-0.39, 0.29) is 0 Å². The van der Waals surface area contributed by atoms with Crippen molar-refractivity contribution in [3.05, 3.63) is 41.6 Å². The van der Waals surface area contributed by atoms with Gasteiger partial charge in [0, 0.05) is 30.5 Å². The molecular weight excluding hydrogens is 262 g/mol. The fourth-order valence-electron chi connectivity index (χ4n) is 1.97. The van der Waals surface area contributed by atoms with Crippen LogP contribution in [0.4, 0.5) is 17.5 Å². The van der Waals surface area contributed by atoms with E-state index in [1.165, 1.54) is 5.56 Å². The third-order valence-corrected chi connectivity index (χ3v) is 2.99. The molecule has 0 fully saturated rings. The van der Waals surface area contributed by atoms with Gasteiger partial charge in [0.1, 0.15) is 5.82 Å². The standard InChI is InChI=1S/C16H23N5/c1-12-6-5-7-14(10-12)19-16-18-13(2)11-15(20-16)17-8-9-21(3)4/h5-7,10-11H,8-9H2,1-4H3,(H2,17,18,19,20). The van der Waals surface area contributed by atoms with Crippen LogP contribution in [0.5, 0.6) is 0 Å². The maximum absolute atomic E-state index is 4.50. The van der Waals surface area contributed by atoms with Crippen molar-refractivity contribution in [1.29, 1.82) is 0 Å². The number of hydrogen-bond acceptors (Lipinski definition) is 5. The van der Waals surface area contributed by atoms with Gasteiger partial charge >= 0.3 is 0 Å². The average Bonchev–Trinajstić information content (AvgIpc) is 2.37. The van der Waals surface area contributed by atoms with Crippen LogP contribution in [0.1, 0.15) is 11.3 Å². The summed E-state index contributed by atoms with van der Waals surface area (Å²) in [6.45, 7) is 5.85. The van der Waals surface area contributed by atoms with Crippen LogP contribution < -0.4 is 10.6 Å². The van der Waals surface area contributed by atoms with Crippen LogP contribution in [-0.4, -0.2) is 42.1 Å². The van der Waals surface area contributed by atoms with Gasteiger partial charge < -0.3 is 15.5 Å². The minimum absolute atomic E-state index is 0.618. The summed E-state index contributed by atoms with van der Waals surface area (Å²) in [7, 11) is 4.11. The average molecular weight is 285 g/mol. The quantitative estimate of drug-likeness (QED) is 0.855. The van der Waals surface area contributed by atoms with Crippen molar-refractivity contribution in [2.75, 3.05) is 37.8 Å². The molecule has 1 heterocycles. The molecule has 2 aromatic rings. The third-order valence-electron chi connectivity index (χ3n) is 2.99. The topological polar surface area (TPSA) is 53.1 Å². The van der Waals surface area contributed by atoms with E-state index in [2.05, 4.69) is 58.7 Å². The van der Waals surface area contributed by atoms with Crippen LogP contribution in [0.3, 0.4) is 0 Å². The van der Waals surface area contributed by atoms with Gasteiger partial charge in [-0.2, -0.15) is 4.98 Å². The molecule has 0 saturated carbocycles. The van der Waals surface area contributed by atoms with Crippen LogP contribution in [-0.2, 0) is 0 Å². The van der Waals surface area contributed by atoms with E-state index in [0.29, 0.717) is 5.95 Å². The number of rotatable bonds is 6. The first-order valence-corrected chi connectivity index (χ1v) is 7.11. The van der Waals surface area contributed by atoms with Crippen molar-refractivity contribution >= 4 is 17.5 Å². The predicted molar refractivity (Wildman–Crippen MR) is 88.3 cm³/mol. The minimum atomic E-state index is 0.618. The molecule has 0 spiro atoms. The molecule has 0 radical (unpaired) electrons. The first-order valence-electron chi connectivity index (χ1n) is 7.11. The molecule has 5 nitrogen and oxygen atoms in total. The zero-order valence-electron chi connectivity index (χ0n) is 13.1. The summed E-state index contributed by atoms with van der Waals surface area (Å²) >= 11 is 0. The number of aryl methyl sites for hydroxylation is 2. The molecule has 0 aliphatic carbocycles. The zero-order valence-corrected chi connectivity index (χ0v) is 13.1. The lowest BCUT2D eigenvalue weighted by Gasteiger charge is -2.12. The number of nitrogens with one attached hydrogen (secondary N) is 2. The Morgan fingerprint density at radius 1 is 1.10 bits per heavy atom. The molecule has 1 aromatic carbocycles. The van der Waals surface area contributed by atoms with Crippen molar-refractivity contribution < 1.29 is 0 Å². The molecule has 5 heteroatoms. The summed E-state index contributed by atoms with van der Waals surface area (Å²) in [6.07, 6.45) is 0. The number of benzene rings is 1. The van der Waals surface area contributed by atoms with E-state index in [1.807, 2.05) is 25.1 Å². The molecule has 21 heavy (non-hydrogen) atoms. The first-order chi connectivity index (χ1) is 10.0. The van der Waals surface area contributed by atoms with Gasteiger partial charge in [-0.3, -0.25) is 0 Å². The number of hydrogen-bond donors (Lipinski definition) is 2. The summed E-state index contributed by atoms with van der Waals surface area (Å²) in [6, 6.07) is 10.1. The smallest absolute Gasteiger partial charge is 0.229 e. The van der Waals surface area contributed by atoms with Crippen molar-refractivity contribution in [3.63, 3.8) is 0 Å². The molecule has 0 amide bonds. The van der Waals surface area contributed by atoms with E-state index < -0.39 is 0 Å². The van der Waals surface area contributed by atoms with E-state index in [0.717, 1.165) is 30.3 Å². The van der Waals surface area contributed by atoms with E-state index >= 15 is 0 Å². The van der Waals surface area contributed by atoms with Crippen molar-refractivity contribution in [1.82, 2.24) is 14.9 Å². The number of anilines is 3.